The monoisotopic (exact) mass is 367 g/mol. The summed E-state index contributed by atoms with van der Waals surface area (Å²) in [6.45, 7) is 3.81. The lowest BCUT2D eigenvalue weighted by Gasteiger charge is -2.18. The van der Waals surface area contributed by atoms with Crippen molar-refractivity contribution in [3.8, 4) is 0 Å². The summed E-state index contributed by atoms with van der Waals surface area (Å²) in [5.41, 5.74) is 3.40. The van der Waals surface area contributed by atoms with E-state index >= 15 is 0 Å². The van der Waals surface area contributed by atoms with E-state index in [-0.39, 0.29) is 37.0 Å². The van der Waals surface area contributed by atoms with Crippen molar-refractivity contribution in [1.29, 1.82) is 0 Å². The van der Waals surface area contributed by atoms with E-state index in [1.807, 2.05) is 62.4 Å². The predicted molar refractivity (Wildman–Crippen MR) is 104 cm³/mol. The number of aliphatic carboxylic acids is 1. The SMILES string of the molecule is Cc1ccc(C)c(C(=O)CCC(=O)NC(CCC(=O)O)c2ccccc2)c1. The standard InChI is InChI=1S/C22H25NO4/c1-15-8-9-16(2)18(14-15)20(24)11-12-21(25)23-19(10-13-22(26)27)17-6-4-3-5-7-17/h3-9,14,19H,10-13H2,1-2H3,(H,23,25)(H,26,27). The summed E-state index contributed by atoms with van der Waals surface area (Å²) in [5.74, 6) is -1.23. The molecule has 2 aromatic rings. The van der Waals surface area contributed by atoms with Gasteiger partial charge in [0.2, 0.25) is 5.91 Å². The van der Waals surface area contributed by atoms with E-state index in [4.69, 9.17) is 5.11 Å². The Balaban J connectivity index is 1.97. The van der Waals surface area contributed by atoms with Gasteiger partial charge in [-0.2, -0.15) is 0 Å². The fourth-order valence-electron chi connectivity index (χ4n) is 2.94. The summed E-state index contributed by atoms with van der Waals surface area (Å²) >= 11 is 0. The number of rotatable bonds is 9. The van der Waals surface area contributed by atoms with Gasteiger partial charge in [-0.15, -0.1) is 0 Å². The summed E-state index contributed by atoms with van der Waals surface area (Å²) in [4.78, 5) is 35.7. The third-order valence-electron chi connectivity index (χ3n) is 4.46. The minimum atomic E-state index is -0.907. The van der Waals surface area contributed by atoms with Crippen LogP contribution >= 0.6 is 0 Å². The molecule has 0 spiro atoms. The molecule has 0 saturated carbocycles. The maximum absolute atomic E-state index is 12.4. The molecule has 0 aliphatic rings. The van der Waals surface area contributed by atoms with Crippen LogP contribution in [-0.4, -0.2) is 22.8 Å². The molecule has 0 aliphatic heterocycles. The summed E-state index contributed by atoms with van der Waals surface area (Å²) in [7, 11) is 0. The quantitative estimate of drug-likeness (QED) is 0.657. The predicted octanol–water partition coefficient (Wildman–Crippen LogP) is 3.99. The molecule has 0 aliphatic carbocycles. The van der Waals surface area contributed by atoms with Gasteiger partial charge in [0.25, 0.3) is 0 Å². The molecule has 0 bridgehead atoms. The van der Waals surface area contributed by atoms with Crippen molar-refractivity contribution in [3.05, 3.63) is 70.8 Å². The molecule has 142 valence electrons. The van der Waals surface area contributed by atoms with E-state index in [1.54, 1.807) is 0 Å². The van der Waals surface area contributed by atoms with Gasteiger partial charge in [-0.3, -0.25) is 14.4 Å². The van der Waals surface area contributed by atoms with E-state index in [1.165, 1.54) is 0 Å². The molecule has 5 nitrogen and oxygen atoms in total. The highest BCUT2D eigenvalue weighted by atomic mass is 16.4. The van der Waals surface area contributed by atoms with E-state index in [9.17, 15) is 14.4 Å². The Morgan fingerprint density at radius 3 is 2.33 bits per heavy atom. The number of Topliss-reactive ketones (excluding diaryl/α,β-unsaturated/α-hetero) is 1. The van der Waals surface area contributed by atoms with E-state index in [0.717, 1.165) is 16.7 Å². The molecule has 0 heterocycles. The van der Waals surface area contributed by atoms with Crippen LogP contribution < -0.4 is 5.32 Å². The lowest BCUT2D eigenvalue weighted by Crippen LogP contribution is -2.29. The van der Waals surface area contributed by atoms with Gasteiger partial charge < -0.3 is 10.4 Å². The van der Waals surface area contributed by atoms with Crippen LogP contribution in [0.4, 0.5) is 0 Å². The largest absolute Gasteiger partial charge is 0.481 e. The number of aryl methyl sites for hydroxylation is 2. The first kappa shape index (κ1) is 20.4. The van der Waals surface area contributed by atoms with Crippen LogP contribution in [0.2, 0.25) is 0 Å². The van der Waals surface area contributed by atoms with Gasteiger partial charge in [0.15, 0.2) is 5.78 Å². The number of nitrogens with one attached hydrogen (secondary N) is 1. The molecule has 0 saturated heterocycles. The maximum atomic E-state index is 12.4. The summed E-state index contributed by atoms with van der Waals surface area (Å²) in [6.07, 6.45) is 0.455. The molecule has 0 fully saturated rings. The molecular weight excluding hydrogens is 342 g/mol. The lowest BCUT2D eigenvalue weighted by molar-refractivity contribution is -0.137. The summed E-state index contributed by atoms with van der Waals surface area (Å²) < 4.78 is 0. The normalized spacial score (nSPS) is 11.6. The Labute approximate surface area is 159 Å². The van der Waals surface area contributed by atoms with Crippen LogP contribution in [0.3, 0.4) is 0 Å². The number of benzene rings is 2. The van der Waals surface area contributed by atoms with Gasteiger partial charge in [-0.05, 0) is 37.5 Å². The van der Waals surface area contributed by atoms with Gasteiger partial charge in [-0.1, -0.05) is 48.0 Å². The first-order chi connectivity index (χ1) is 12.9. The Morgan fingerprint density at radius 1 is 0.963 bits per heavy atom. The van der Waals surface area contributed by atoms with Crippen LogP contribution in [0.15, 0.2) is 48.5 Å². The second-order valence-electron chi connectivity index (χ2n) is 6.70. The number of carboxylic acid groups (broad SMARTS) is 1. The van der Waals surface area contributed by atoms with Crippen molar-refractivity contribution in [3.63, 3.8) is 0 Å². The Kier molecular flexibility index (Phi) is 7.29. The number of carbonyl (C=O) groups excluding carboxylic acids is 2. The molecule has 0 aromatic heterocycles. The van der Waals surface area contributed by atoms with Crippen molar-refractivity contribution in [2.75, 3.05) is 0 Å². The van der Waals surface area contributed by atoms with Gasteiger partial charge in [0.1, 0.15) is 0 Å². The number of amides is 1. The second kappa shape index (κ2) is 9.67. The maximum Gasteiger partial charge on any atom is 0.303 e. The molecule has 0 radical (unpaired) electrons. The van der Waals surface area contributed by atoms with E-state index in [2.05, 4.69) is 5.32 Å². The van der Waals surface area contributed by atoms with Crippen LogP contribution in [0.1, 0.15) is 58.8 Å². The molecule has 5 heteroatoms. The van der Waals surface area contributed by atoms with Crippen molar-refractivity contribution in [2.45, 2.75) is 45.6 Å². The zero-order valence-electron chi connectivity index (χ0n) is 15.7. The zero-order chi connectivity index (χ0) is 19.8. The number of carbonyl (C=O) groups is 3. The number of ketones is 1. The minimum Gasteiger partial charge on any atom is -0.481 e. The average molecular weight is 367 g/mol. The molecule has 2 rings (SSSR count). The van der Waals surface area contributed by atoms with Gasteiger partial charge >= 0.3 is 5.97 Å². The van der Waals surface area contributed by atoms with Crippen LogP contribution in [-0.2, 0) is 9.59 Å². The second-order valence-corrected chi connectivity index (χ2v) is 6.70. The third kappa shape index (κ3) is 6.37. The molecule has 1 unspecified atom stereocenters. The first-order valence-corrected chi connectivity index (χ1v) is 9.03. The van der Waals surface area contributed by atoms with E-state index < -0.39 is 5.97 Å². The van der Waals surface area contributed by atoms with Gasteiger partial charge in [0, 0.05) is 24.8 Å². The topological polar surface area (TPSA) is 83.5 Å². The molecular formula is C22H25NO4. The Bertz CT molecular complexity index is 814. The third-order valence-corrected chi connectivity index (χ3v) is 4.46. The van der Waals surface area contributed by atoms with Crippen LogP contribution in [0.5, 0.6) is 0 Å². The molecule has 1 amide bonds. The lowest BCUT2D eigenvalue weighted by atomic mass is 9.98. The highest BCUT2D eigenvalue weighted by Gasteiger charge is 2.17. The molecule has 2 N–H and O–H groups in total. The highest BCUT2D eigenvalue weighted by Crippen LogP contribution is 2.19. The highest BCUT2D eigenvalue weighted by molar-refractivity contribution is 5.99. The summed E-state index contributed by atoms with van der Waals surface area (Å²) in [5, 5.41) is 11.8. The molecule has 2 aromatic carbocycles. The van der Waals surface area contributed by atoms with Gasteiger partial charge in [0.05, 0.1) is 6.04 Å². The van der Waals surface area contributed by atoms with Crippen molar-refractivity contribution in [2.24, 2.45) is 0 Å². The molecule has 1 atom stereocenters. The Hall–Kier alpha value is -2.95. The average Bonchev–Trinajstić information content (AvgIpc) is 2.65. The smallest absolute Gasteiger partial charge is 0.303 e. The zero-order valence-corrected chi connectivity index (χ0v) is 15.7. The summed E-state index contributed by atoms with van der Waals surface area (Å²) in [6, 6.07) is 14.6. The first-order valence-electron chi connectivity index (χ1n) is 9.03. The number of hydrogen-bond donors (Lipinski definition) is 2. The van der Waals surface area contributed by atoms with Crippen molar-refractivity contribution < 1.29 is 19.5 Å². The van der Waals surface area contributed by atoms with Crippen molar-refractivity contribution >= 4 is 17.7 Å². The van der Waals surface area contributed by atoms with Crippen LogP contribution in [0.25, 0.3) is 0 Å². The van der Waals surface area contributed by atoms with Crippen LogP contribution in [0, 0.1) is 13.8 Å². The minimum absolute atomic E-state index is 0.0404. The van der Waals surface area contributed by atoms with Gasteiger partial charge in [-0.25, -0.2) is 0 Å². The fraction of sp³-hybridized carbons (Fsp3) is 0.318. The fourth-order valence-corrected chi connectivity index (χ4v) is 2.94. The molecule has 27 heavy (non-hydrogen) atoms. The van der Waals surface area contributed by atoms with Crippen molar-refractivity contribution in [1.82, 2.24) is 5.32 Å². The number of carboxylic acids is 1. The Morgan fingerprint density at radius 2 is 1.67 bits per heavy atom. The van der Waals surface area contributed by atoms with E-state index in [0.29, 0.717) is 12.0 Å². The number of hydrogen-bond acceptors (Lipinski definition) is 3.